The molecule has 2 heterocycles. The van der Waals surface area contributed by atoms with Gasteiger partial charge in [0.15, 0.2) is 0 Å². The Bertz CT molecular complexity index is 433. The SMILES string of the molecule is CC(C)NC(=O)N1CC(Oc2ncccc2Br)C1. The number of urea groups is 1. The van der Waals surface area contributed by atoms with Crippen LogP contribution in [0.2, 0.25) is 0 Å². The van der Waals surface area contributed by atoms with Crippen LogP contribution in [0, 0.1) is 0 Å². The van der Waals surface area contributed by atoms with Crippen molar-refractivity contribution in [3.8, 4) is 5.88 Å². The van der Waals surface area contributed by atoms with E-state index in [2.05, 4.69) is 26.2 Å². The summed E-state index contributed by atoms with van der Waals surface area (Å²) in [4.78, 5) is 17.5. The molecule has 1 aliphatic heterocycles. The van der Waals surface area contributed by atoms with Gasteiger partial charge in [-0.05, 0) is 41.9 Å². The number of ether oxygens (including phenoxy) is 1. The number of carbonyl (C=O) groups is 1. The first kappa shape index (κ1) is 13.1. The molecule has 1 fully saturated rings. The van der Waals surface area contributed by atoms with Crippen molar-refractivity contribution in [1.82, 2.24) is 15.2 Å². The Morgan fingerprint density at radius 1 is 1.61 bits per heavy atom. The highest BCUT2D eigenvalue weighted by Gasteiger charge is 2.33. The average molecular weight is 314 g/mol. The second-order valence-corrected chi connectivity index (χ2v) is 5.39. The number of carbonyl (C=O) groups excluding carboxylic acids is 1. The van der Waals surface area contributed by atoms with Gasteiger partial charge in [0.25, 0.3) is 0 Å². The predicted octanol–water partition coefficient (Wildman–Crippen LogP) is 2.03. The lowest BCUT2D eigenvalue weighted by Gasteiger charge is -2.38. The van der Waals surface area contributed by atoms with Crippen LogP contribution in [-0.2, 0) is 0 Å². The molecule has 1 saturated heterocycles. The second kappa shape index (κ2) is 5.56. The molecule has 98 valence electrons. The zero-order valence-electron chi connectivity index (χ0n) is 10.4. The molecule has 0 aliphatic carbocycles. The van der Waals surface area contributed by atoms with Crippen LogP contribution in [0.1, 0.15) is 13.8 Å². The minimum atomic E-state index is -0.0371. The van der Waals surface area contributed by atoms with E-state index in [1.54, 1.807) is 11.1 Å². The molecule has 0 saturated carbocycles. The first-order valence-corrected chi connectivity index (χ1v) is 6.68. The third-order valence-corrected chi connectivity index (χ3v) is 3.15. The van der Waals surface area contributed by atoms with Crippen molar-refractivity contribution in [1.29, 1.82) is 0 Å². The van der Waals surface area contributed by atoms with Crippen molar-refractivity contribution in [3.63, 3.8) is 0 Å². The van der Waals surface area contributed by atoms with Gasteiger partial charge >= 0.3 is 6.03 Å². The van der Waals surface area contributed by atoms with Crippen LogP contribution in [0.4, 0.5) is 4.79 Å². The maximum absolute atomic E-state index is 11.6. The zero-order valence-corrected chi connectivity index (χ0v) is 12.0. The fourth-order valence-corrected chi connectivity index (χ4v) is 1.98. The fourth-order valence-electron chi connectivity index (χ4n) is 1.63. The third kappa shape index (κ3) is 3.13. The molecule has 1 aromatic heterocycles. The number of hydrogen-bond donors (Lipinski definition) is 1. The van der Waals surface area contributed by atoms with E-state index >= 15 is 0 Å². The number of halogens is 1. The zero-order chi connectivity index (χ0) is 13.1. The summed E-state index contributed by atoms with van der Waals surface area (Å²) in [6.07, 6.45) is 1.70. The number of pyridine rings is 1. The monoisotopic (exact) mass is 313 g/mol. The lowest BCUT2D eigenvalue weighted by atomic mass is 10.2. The Morgan fingerprint density at radius 3 is 2.94 bits per heavy atom. The molecule has 0 unspecified atom stereocenters. The number of likely N-dealkylation sites (tertiary alicyclic amines) is 1. The molecule has 1 N–H and O–H groups in total. The summed E-state index contributed by atoms with van der Waals surface area (Å²) in [6, 6.07) is 3.83. The highest BCUT2D eigenvalue weighted by atomic mass is 79.9. The summed E-state index contributed by atoms with van der Waals surface area (Å²) in [5.74, 6) is 0.575. The van der Waals surface area contributed by atoms with Crippen LogP contribution in [0.15, 0.2) is 22.8 Å². The topological polar surface area (TPSA) is 54.5 Å². The van der Waals surface area contributed by atoms with Gasteiger partial charge in [0.2, 0.25) is 5.88 Å². The molecule has 18 heavy (non-hydrogen) atoms. The van der Waals surface area contributed by atoms with E-state index in [1.165, 1.54) is 0 Å². The average Bonchev–Trinajstić information content (AvgIpc) is 2.23. The van der Waals surface area contributed by atoms with Gasteiger partial charge < -0.3 is 15.0 Å². The number of hydrogen-bond acceptors (Lipinski definition) is 3. The molecule has 5 nitrogen and oxygen atoms in total. The molecule has 1 aromatic rings. The van der Waals surface area contributed by atoms with E-state index in [0.29, 0.717) is 19.0 Å². The third-order valence-electron chi connectivity index (χ3n) is 2.55. The van der Waals surface area contributed by atoms with Crippen LogP contribution < -0.4 is 10.1 Å². The van der Waals surface area contributed by atoms with E-state index in [4.69, 9.17) is 4.74 Å². The van der Waals surface area contributed by atoms with Crippen molar-refractivity contribution in [2.45, 2.75) is 26.0 Å². The molecule has 0 radical (unpaired) electrons. The van der Waals surface area contributed by atoms with Gasteiger partial charge in [0, 0.05) is 12.2 Å². The quantitative estimate of drug-likeness (QED) is 0.929. The van der Waals surface area contributed by atoms with Gasteiger partial charge in [-0.25, -0.2) is 9.78 Å². The molecular weight excluding hydrogens is 298 g/mol. The summed E-state index contributed by atoms with van der Waals surface area (Å²) >= 11 is 3.37. The molecular formula is C12H16BrN3O2. The largest absolute Gasteiger partial charge is 0.470 e. The van der Waals surface area contributed by atoms with E-state index in [1.807, 2.05) is 26.0 Å². The normalized spacial score (nSPS) is 15.4. The molecule has 0 aromatic carbocycles. The molecule has 6 heteroatoms. The maximum Gasteiger partial charge on any atom is 0.317 e. The standard InChI is InChI=1S/C12H16BrN3O2/c1-8(2)15-12(17)16-6-9(7-16)18-11-10(13)4-3-5-14-11/h3-5,8-9H,6-7H2,1-2H3,(H,15,17). The summed E-state index contributed by atoms with van der Waals surface area (Å²) < 4.78 is 6.52. The molecule has 2 rings (SSSR count). The Morgan fingerprint density at radius 2 is 2.33 bits per heavy atom. The van der Waals surface area contributed by atoms with Gasteiger partial charge in [-0.3, -0.25) is 0 Å². The maximum atomic E-state index is 11.6. The molecule has 0 atom stereocenters. The van der Waals surface area contributed by atoms with E-state index in [9.17, 15) is 4.79 Å². The Kier molecular flexibility index (Phi) is 4.06. The van der Waals surface area contributed by atoms with Crippen LogP contribution in [0.3, 0.4) is 0 Å². The first-order valence-electron chi connectivity index (χ1n) is 5.89. The van der Waals surface area contributed by atoms with Gasteiger partial charge in [-0.1, -0.05) is 0 Å². The fraction of sp³-hybridized carbons (Fsp3) is 0.500. The van der Waals surface area contributed by atoms with Crippen molar-refractivity contribution in [2.24, 2.45) is 0 Å². The van der Waals surface area contributed by atoms with Crippen LogP contribution in [0.25, 0.3) is 0 Å². The Labute approximate surface area is 115 Å². The number of nitrogens with one attached hydrogen (secondary N) is 1. The smallest absolute Gasteiger partial charge is 0.317 e. The predicted molar refractivity (Wildman–Crippen MR) is 71.6 cm³/mol. The first-order chi connectivity index (χ1) is 8.56. The molecule has 2 amide bonds. The van der Waals surface area contributed by atoms with Crippen LogP contribution in [0.5, 0.6) is 5.88 Å². The number of rotatable bonds is 3. The van der Waals surface area contributed by atoms with Gasteiger partial charge in [-0.15, -0.1) is 0 Å². The minimum absolute atomic E-state index is 0.0223. The van der Waals surface area contributed by atoms with E-state index in [0.717, 1.165) is 4.47 Å². The summed E-state index contributed by atoms with van der Waals surface area (Å²) in [5, 5.41) is 2.85. The van der Waals surface area contributed by atoms with Crippen LogP contribution in [-0.4, -0.2) is 41.2 Å². The summed E-state index contributed by atoms with van der Waals surface area (Å²) in [6.45, 7) is 5.08. The number of nitrogens with zero attached hydrogens (tertiary/aromatic N) is 2. The highest BCUT2D eigenvalue weighted by Crippen LogP contribution is 2.24. The Hall–Kier alpha value is -1.30. The Balaban J connectivity index is 1.80. The van der Waals surface area contributed by atoms with Crippen molar-refractivity contribution >= 4 is 22.0 Å². The van der Waals surface area contributed by atoms with Crippen LogP contribution >= 0.6 is 15.9 Å². The van der Waals surface area contributed by atoms with E-state index < -0.39 is 0 Å². The van der Waals surface area contributed by atoms with Gasteiger partial charge in [-0.2, -0.15) is 0 Å². The number of aromatic nitrogens is 1. The lowest BCUT2D eigenvalue weighted by molar-refractivity contribution is 0.0402. The second-order valence-electron chi connectivity index (χ2n) is 4.54. The van der Waals surface area contributed by atoms with Gasteiger partial charge in [0.05, 0.1) is 17.6 Å². The van der Waals surface area contributed by atoms with Crippen molar-refractivity contribution in [2.75, 3.05) is 13.1 Å². The van der Waals surface area contributed by atoms with E-state index in [-0.39, 0.29) is 18.2 Å². The highest BCUT2D eigenvalue weighted by molar-refractivity contribution is 9.10. The number of amides is 2. The summed E-state index contributed by atoms with van der Waals surface area (Å²) in [7, 11) is 0. The molecule has 0 spiro atoms. The minimum Gasteiger partial charge on any atom is -0.470 e. The van der Waals surface area contributed by atoms with Gasteiger partial charge in [0.1, 0.15) is 6.10 Å². The lowest BCUT2D eigenvalue weighted by Crippen LogP contribution is -2.59. The summed E-state index contributed by atoms with van der Waals surface area (Å²) in [5.41, 5.74) is 0. The van der Waals surface area contributed by atoms with Crippen molar-refractivity contribution in [3.05, 3.63) is 22.8 Å². The molecule has 1 aliphatic rings. The molecule has 0 bridgehead atoms. The van der Waals surface area contributed by atoms with Crippen molar-refractivity contribution < 1.29 is 9.53 Å².